The number of benzene rings is 3. The summed E-state index contributed by atoms with van der Waals surface area (Å²) >= 11 is 0. The Balaban J connectivity index is 1.54. The Morgan fingerprint density at radius 1 is 0.833 bits per heavy atom. The van der Waals surface area contributed by atoms with E-state index in [0.717, 1.165) is 5.57 Å². The first-order valence-corrected chi connectivity index (χ1v) is 14.2. The minimum absolute atomic E-state index is 0.0240. The van der Waals surface area contributed by atoms with Crippen molar-refractivity contribution in [3.05, 3.63) is 119 Å². The second kappa shape index (κ2) is 9.46. The summed E-state index contributed by atoms with van der Waals surface area (Å²) in [6.07, 6.45) is 3.71. The smallest absolute Gasteiger partial charge is 0.257 e. The Hall–Kier alpha value is -4.62. The van der Waals surface area contributed by atoms with E-state index in [4.69, 9.17) is 0 Å². The number of nitrogens with zero attached hydrogens (tertiary/aromatic N) is 1. The Morgan fingerprint density at radius 2 is 1.52 bits per heavy atom. The van der Waals surface area contributed by atoms with E-state index in [9.17, 15) is 29.5 Å². The summed E-state index contributed by atoms with van der Waals surface area (Å²) in [5.74, 6) is -5.65. The zero-order chi connectivity index (χ0) is 29.3. The number of carbonyl (C=O) groups excluding carboxylic acids is 4. The quantitative estimate of drug-likeness (QED) is 0.268. The largest absolute Gasteiger partial charge is 0.507 e. The molecule has 1 heterocycles. The van der Waals surface area contributed by atoms with Gasteiger partial charge in [-0.2, -0.15) is 5.06 Å². The Bertz CT molecular complexity index is 1720. The number of ketones is 2. The van der Waals surface area contributed by atoms with E-state index in [1.165, 1.54) is 6.08 Å². The van der Waals surface area contributed by atoms with Gasteiger partial charge < -0.3 is 5.11 Å². The van der Waals surface area contributed by atoms with Crippen molar-refractivity contribution in [1.29, 1.82) is 0 Å². The molecule has 1 saturated carbocycles. The summed E-state index contributed by atoms with van der Waals surface area (Å²) in [5, 5.41) is 22.0. The van der Waals surface area contributed by atoms with Crippen molar-refractivity contribution in [2.75, 3.05) is 0 Å². The van der Waals surface area contributed by atoms with Gasteiger partial charge in [0.05, 0.1) is 17.3 Å². The van der Waals surface area contributed by atoms with Crippen LogP contribution in [0.1, 0.15) is 41.0 Å². The summed E-state index contributed by atoms with van der Waals surface area (Å²) < 4.78 is 0. The average molecular weight is 560 g/mol. The number of amides is 2. The van der Waals surface area contributed by atoms with Crippen molar-refractivity contribution in [1.82, 2.24) is 5.06 Å². The molecule has 3 aromatic rings. The van der Waals surface area contributed by atoms with Crippen molar-refractivity contribution in [3.8, 4) is 5.75 Å². The third-order valence-electron chi connectivity index (χ3n) is 9.93. The average Bonchev–Trinajstić information content (AvgIpc) is 3.24. The van der Waals surface area contributed by atoms with Crippen LogP contribution in [0.5, 0.6) is 5.75 Å². The Kier molecular flexibility index (Phi) is 5.92. The van der Waals surface area contributed by atoms with Crippen molar-refractivity contribution in [3.63, 3.8) is 0 Å². The van der Waals surface area contributed by atoms with Crippen LogP contribution in [0.3, 0.4) is 0 Å². The van der Waals surface area contributed by atoms with Gasteiger partial charge in [0.15, 0.2) is 11.6 Å². The standard InChI is InChI=1S/C35H29NO6/c1-19-9-8-14-24(31(19)38)30-22-15-16-23-29(34(41)36(42)33(23)40)26(22)17-27-32(39)25(20-10-4-2-5-11-20)18-28(37)35(27,30)21-12-6-3-7-13-21/h2-15,18,23,26-27,29-30,38,42H,16-17H2,1H3/t23-,26+,27-,29-,30+,35-/m0/s1. The van der Waals surface area contributed by atoms with Gasteiger partial charge in [-0.1, -0.05) is 90.5 Å². The molecule has 7 nitrogen and oxygen atoms in total. The van der Waals surface area contributed by atoms with Gasteiger partial charge in [-0.3, -0.25) is 24.4 Å². The summed E-state index contributed by atoms with van der Waals surface area (Å²) in [6, 6.07) is 23.7. The molecule has 0 aromatic heterocycles. The van der Waals surface area contributed by atoms with E-state index in [0.29, 0.717) is 27.8 Å². The lowest BCUT2D eigenvalue weighted by molar-refractivity contribution is -0.173. The van der Waals surface area contributed by atoms with Crippen molar-refractivity contribution >= 4 is 29.0 Å². The van der Waals surface area contributed by atoms with Gasteiger partial charge in [0, 0.05) is 23.0 Å². The molecule has 3 aromatic carbocycles. The maximum Gasteiger partial charge on any atom is 0.257 e. The van der Waals surface area contributed by atoms with Gasteiger partial charge in [0.2, 0.25) is 0 Å². The van der Waals surface area contributed by atoms with E-state index in [1.54, 1.807) is 31.2 Å². The first-order valence-electron chi connectivity index (χ1n) is 14.2. The van der Waals surface area contributed by atoms with Crippen molar-refractivity contribution < 1.29 is 29.5 Å². The SMILES string of the molecule is Cc1cccc([C@H]2C3=CC[C@@H]4C(=O)N(O)C(=O)[C@@H]4[C@@H]3C[C@H]3C(=O)C(c4ccccc4)=CC(=O)[C@@]23c2ccccc2)c1O. The molecule has 2 amide bonds. The molecule has 2 N–H and O–H groups in total. The molecule has 7 heteroatoms. The highest BCUT2D eigenvalue weighted by Crippen LogP contribution is 2.64. The molecule has 1 aliphatic heterocycles. The van der Waals surface area contributed by atoms with Crippen LogP contribution in [-0.4, -0.2) is 38.8 Å². The molecule has 1 saturated heterocycles. The predicted octanol–water partition coefficient (Wildman–Crippen LogP) is 4.91. The van der Waals surface area contributed by atoms with Crippen LogP contribution in [0, 0.1) is 30.6 Å². The summed E-state index contributed by atoms with van der Waals surface area (Å²) in [6.45, 7) is 1.78. The Labute approximate surface area is 242 Å². The number of fused-ring (bicyclic) bond motifs is 4. The molecule has 0 bridgehead atoms. The second-order valence-corrected chi connectivity index (χ2v) is 11.8. The number of para-hydroxylation sites is 1. The highest BCUT2D eigenvalue weighted by molar-refractivity contribution is 6.31. The Morgan fingerprint density at radius 3 is 2.24 bits per heavy atom. The predicted molar refractivity (Wildman–Crippen MR) is 153 cm³/mol. The number of aryl methyl sites for hydroxylation is 1. The first-order chi connectivity index (χ1) is 20.3. The summed E-state index contributed by atoms with van der Waals surface area (Å²) in [7, 11) is 0. The van der Waals surface area contributed by atoms with E-state index < -0.39 is 46.8 Å². The van der Waals surface area contributed by atoms with E-state index in [-0.39, 0.29) is 35.2 Å². The second-order valence-electron chi connectivity index (χ2n) is 11.8. The minimum Gasteiger partial charge on any atom is -0.507 e. The molecule has 7 rings (SSSR count). The molecule has 42 heavy (non-hydrogen) atoms. The lowest BCUT2D eigenvalue weighted by atomic mass is 9.44. The number of rotatable bonds is 3. The molecule has 0 unspecified atom stereocenters. The number of hydrogen-bond acceptors (Lipinski definition) is 6. The van der Waals surface area contributed by atoms with Crippen LogP contribution >= 0.6 is 0 Å². The molecular weight excluding hydrogens is 530 g/mol. The highest BCUT2D eigenvalue weighted by atomic mass is 16.5. The topological polar surface area (TPSA) is 112 Å². The molecule has 0 radical (unpaired) electrons. The number of allylic oxidation sites excluding steroid dienone is 4. The normalized spacial score (nSPS) is 30.3. The van der Waals surface area contributed by atoms with Crippen LogP contribution in [-0.2, 0) is 24.6 Å². The number of hydroxylamine groups is 2. The molecule has 2 fully saturated rings. The van der Waals surface area contributed by atoms with Crippen molar-refractivity contribution in [2.24, 2.45) is 23.7 Å². The lowest BCUT2D eigenvalue weighted by Gasteiger charge is -2.55. The zero-order valence-electron chi connectivity index (χ0n) is 22.9. The molecule has 210 valence electrons. The molecule has 0 spiro atoms. The number of phenols is 1. The van der Waals surface area contributed by atoms with Crippen molar-refractivity contribution in [2.45, 2.75) is 31.1 Å². The van der Waals surface area contributed by atoms with Gasteiger partial charge in [0.25, 0.3) is 11.8 Å². The number of hydrogen-bond donors (Lipinski definition) is 2. The first kappa shape index (κ1) is 26.3. The lowest BCUT2D eigenvalue weighted by Crippen LogP contribution is -2.58. The molecule has 4 aliphatic rings. The van der Waals surface area contributed by atoms with Crippen LogP contribution < -0.4 is 0 Å². The number of phenolic OH excluding ortho intramolecular Hbond substituents is 1. The van der Waals surface area contributed by atoms with E-state index in [2.05, 4.69) is 0 Å². The fourth-order valence-corrected chi connectivity index (χ4v) is 8.12. The fraction of sp³-hybridized carbons (Fsp3) is 0.257. The molecule has 6 atom stereocenters. The summed E-state index contributed by atoms with van der Waals surface area (Å²) in [4.78, 5) is 55.7. The third-order valence-corrected chi connectivity index (χ3v) is 9.93. The van der Waals surface area contributed by atoms with Gasteiger partial charge in [-0.25, -0.2) is 0 Å². The van der Waals surface area contributed by atoms with Gasteiger partial charge in [0.1, 0.15) is 5.75 Å². The van der Waals surface area contributed by atoms with Crippen LogP contribution in [0.15, 0.2) is 96.6 Å². The monoisotopic (exact) mass is 559 g/mol. The number of carbonyl (C=O) groups is 4. The van der Waals surface area contributed by atoms with Crippen LogP contribution in [0.25, 0.3) is 5.57 Å². The number of aromatic hydroxyl groups is 1. The third kappa shape index (κ3) is 3.43. The molecular formula is C35H29NO6. The minimum atomic E-state index is -1.40. The van der Waals surface area contributed by atoms with Gasteiger partial charge in [-0.05, 0) is 48.4 Å². The summed E-state index contributed by atoms with van der Waals surface area (Å²) in [5.41, 5.74) is 2.04. The van der Waals surface area contributed by atoms with E-state index >= 15 is 0 Å². The van der Waals surface area contributed by atoms with Gasteiger partial charge in [-0.15, -0.1) is 0 Å². The maximum atomic E-state index is 14.8. The van der Waals surface area contributed by atoms with Crippen LogP contribution in [0.2, 0.25) is 0 Å². The zero-order valence-corrected chi connectivity index (χ0v) is 22.9. The fourth-order valence-electron chi connectivity index (χ4n) is 8.12. The maximum absolute atomic E-state index is 14.8. The molecule has 3 aliphatic carbocycles. The number of imide groups is 1. The van der Waals surface area contributed by atoms with Gasteiger partial charge >= 0.3 is 0 Å². The highest BCUT2D eigenvalue weighted by Gasteiger charge is 2.66. The number of Topliss-reactive ketones (excluding diaryl/α,β-unsaturated/α-hetero) is 1. The van der Waals surface area contributed by atoms with Crippen LogP contribution in [0.4, 0.5) is 0 Å². The van der Waals surface area contributed by atoms with E-state index in [1.807, 2.05) is 60.7 Å².